The van der Waals surface area contributed by atoms with Crippen molar-refractivity contribution < 1.29 is 9.18 Å². The van der Waals surface area contributed by atoms with Crippen LogP contribution in [0.5, 0.6) is 0 Å². The second-order valence-electron chi connectivity index (χ2n) is 5.74. The second-order valence-corrected chi connectivity index (χ2v) is 5.74. The molecule has 0 aliphatic carbocycles. The second kappa shape index (κ2) is 7.55. The van der Waals surface area contributed by atoms with Gasteiger partial charge in [-0.2, -0.15) is 0 Å². The minimum atomic E-state index is -0.183. The molecule has 4 heteroatoms. The highest BCUT2D eigenvalue weighted by Gasteiger charge is 2.29. The molecule has 1 aliphatic heterocycles. The minimum Gasteiger partial charge on any atom is -0.342 e. The maximum atomic E-state index is 13.3. The zero-order chi connectivity index (χ0) is 15.2. The molecule has 0 saturated carbocycles. The van der Waals surface area contributed by atoms with Gasteiger partial charge in [0.25, 0.3) is 0 Å². The molecule has 116 valence electrons. The number of amides is 1. The van der Waals surface area contributed by atoms with Crippen LogP contribution < -0.4 is 5.32 Å². The molecule has 1 aromatic carbocycles. The Morgan fingerprint density at radius 2 is 2.14 bits per heavy atom. The van der Waals surface area contributed by atoms with Gasteiger partial charge in [-0.1, -0.05) is 12.1 Å². The average molecular weight is 292 g/mol. The third-order valence-electron chi connectivity index (χ3n) is 4.30. The van der Waals surface area contributed by atoms with E-state index in [9.17, 15) is 9.18 Å². The van der Waals surface area contributed by atoms with Gasteiger partial charge in [0.1, 0.15) is 5.82 Å². The molecule has 0 aromatic heterocycles. The Kier molecular flexibility index (Phi) is 5.74. The number of hydrogen-bond donors (Lipinski definition) is 1. The number of likely N-dealkylation sites (N-methyl/N-ethyl adjacent to an activating group) is 1. The first-order valence-electron chi connectivity index (χ1n) is 7.90. The van der Waals surface area contributed by atoms with E-state index < -0.39 is 0 Å². The molecular formula is C17H25FN2O. The summed E-state index contributed by atoms with van der Waals surface area (Å²) in [6.45, 7) is 6.38. The van der Waals surface area contributed by atoms with Crippen LogP contribution in [0.3, 0.4) is 0 Å². The summed E-state index contributed by atoms with van der Waals surface area (Å²) in [6, 6.07) is 6.70. The van der Waals surface area contributed by atoms with Gasteiger partial charge < -0.3 is 10.2 Å². The lowest BCUT2D eigenvalue weighted by Gasteiger charge is -2.33. The van der Waals surface area contributed by atoms with E-state index in [2.05, 4.69) is 5.32 Å². The predicted octanol–water partition coefficient (Wildman–Crippen LogP) is 2.60. The number of carbonyl (C=O) groups excluding carboxylic acids is 1. The fourth-order valence-corrected chi connectivity index (χ4v) is 3.12. The lowest BCUT2D eigenvalue weighted by atomic mass is 9.86. The molecule has 2 rings (SSSR count). The number of benzene rings is 1. The van der Waals surface area contributed by atoms with Gasteiger partial charge in [0.2, 0.25) is 5.91 Å². The highest BCUT2D eigenvalue weighted by molar-refractivity contribution is 5.82. The number of nitrogens with one attached hydrogen (secondary N) is 1. The zero-order valence-corrected chi connectivity index (χ0v) is 12.9. The van der Waals surface area contributed by atoms with Crippen molar-refractivity contribution in [1.29, 1.82) is 0 Å². The number of carbonyl (C=O) groups is 1. The molecule has 2 atom stereocenters. The lowest BCUT2D eigenvalue weighted by Crippen LogP contribution is -2.50. The molecule has 1 aliphatic rings. The van der Waals surface area contributed by atoms with Gasteiger partial charge >= 0.3 is 0 Å². The molecule has 1 heterocycles. The van der Waals surface area contributed by atoms with E-state index in [4.69, 9.17) is 0 Å². The van der Waals surface area contributed by atoms with Crippen molar-refractivity contribution in [3.8, 4) is 0 Å². The summed E-state index contributed by atoms with van der Waals surface area (Å²) in [5.74, 6) is 0.457. The third-order valence-corrected chi connectivity index (χ3v) is 4.30. The Hall–Kier alpha value is -1.42. The molecular weight excluding hydrogens is 267 g/mol. The molecule has 1 saturated heterocycles. The van der Waals surface area contributed by atoms with Gasteiger partial charge in [-0.25, -0.2) is 4.39 Å². The van der Waals surface area contributed by atoms with E-state index in [1.807, 2.05) is 24.8 Å². The fourth-order valence-electron chi connectivity index (χ4n) is 3.12. The van der Waals surface area contributed by atoms with Crippen LogP contribution >= 0.6 is 0 Å². The average Bonchev–Trinajstić information content (AvgIpc) is 2.48. The van der Waals surface area contributed by atoms with Crippen LogP contribution in [0.2, 0.25) is 0 Å². The predicted molar refractivity (Wildman–Crippen MR) is 82.5 cm³/mol. The molecule has 1 N–H and O–H groups in total. The van der Waals surface area contributed by atoms with Crippen molar-refractivity contribution in [1.82, 2.24) is 10.2 Å². The maximum absolute atomic E-state index is 13.3. The van der Waals surface area contributed by atoms with E-state index in [0.29, 0.717) is 5.92 Å². The van der Waals surface area contributed by atoms with Crippen LogP contribution in [0.15, 0.2) is 24.3 Å². The van der Waals surface area contributed by atoms with Gasteiger partial charge in [0.15, 0.2) is 0 Å². The molecule has 0 bridgehead atoms. The Labute approximate surface area is 126 Å². The maximum Gasteiger partial charge on any atom is 0.239 e. The highest BCUT2D eigenvalue weighted by atomic mass is 19.1. The molecule has 1 fully saturated rings. The number of hydrogen-bond acceptors (Lipinski definition) is 2. The Morgan fingerprint density at radius 1 is 1.38 bits per heavy atom. The van der Waals surface area contributed by atoms with E-state index in [0.717, 1.165) is 44.5 Å². The Bertz CT molecular complexity index is 474. The summed E-state index contributed by atoms with van der Waals surface area (Å²) in [5.41, 5.74) is 1.02. The number of piperidine rings is 1. The SMILES string of the molecule is CCN(CC)C(=O)C1CC(Cc2cccc(F)c2)CCN1. The van der Waals surface area contributed by atoms with E-state index in [1.165, 1.54) is 6.07 Å². The molecule has 3 nitrogen and oxygen atoms in total. The fraction of sp³-hybridized carbons (Fsp3) is 0.588. The zero-order valence-electron chi connectivity index (χ0n) is 12.9. The van der Waals surface area contributed by atoms with Gasteiger partial charge in [-0.05, 0) is 63.3 Å². The molecule has 2 unspecified atom stereocenters. The largest absolute Gasteiger partial charge is 0.342 e. The van der Waals surface area contributed by atoms with E-state index in [1.54, 1.807) is 12.1 Å². The lowest BCUT2D eigenvalue weighted by molar-refractivity contribution is -0.134. The van der Waals surface area contributed by atoms with Crippen LogP contribution in [0, 0.1) is 11.7 Å². The topological polar surface area (TPSA) is 32.3 Å². The summed E-state index contributed by atoms with van der Waals surface area (Å²) < 4.78 is 13.3. The van der Waals surface area contributed by atoms with Crippen molar-refractivity contribution >= 4 is 5.91 Å². The monoisotopic (exact) mass is 292 g/mol. The summed E-state index contributed by atoms with van der Waals surface area (Å²) in [6.07, 6.45) is 2.73. The molecule has 1 amide bonds. The van der Waals surface area contributed by atoms with Crippen LogP contribution in [0.25, 0.3) is 0 Å². The molecule has 21 heavy (non-hydrogen) atoms. The highest BCUT2D eigenvalue weighted by Crippen LogP contribution is 2.22. The first kappa shape index (κ1) is 16.0. The summed E-state index contributed by atoms with van der Waals surface area (Å²) >= 11 is 0. The number of halogens is 1. The Morgan fingerprint density at radius 3 is 2.81 bits per heavy atom. The first-order chi connectivity index (χ1) is 10.1. The molecule has 0 spiro atoms. The minimum absolute atomic E-state index is 0.0859. The smallest absolute Gasteiger partial charge is 0.239 e. The Balaban J connectivity index is 1.96. The quantitative estimate of drug-likeness (QED) is 0.905. The normalized spacial score (nSPS) is 22.0. The van der Waals surface area contributed by atoms with Gasteiger partial charge in [0.05, 0.1) is 6.04 Å². The summed E-state index contributed by atoms with van der Waals surface area (Å²) in [4.78, 5) is 14.3. The van der Waals surface area contributed by atoms with Crippen LogP contribution in [-0.4, -0.2) is 36.5 Å². The van der Waals surface area contributed by atoms with Gasteiger partial charge in [0, 0.05) is 13.1 Å². The van der Waals surface area contributed by atoms with Crippen LogP contribution in [0.1, 0.15) is 32.3 Å². The van der Waals surface area contributed by atoms with Crippen molar-refractivity contribution in [3.63, 3.8) is 0 Å². The third kappa shape index (κ3) is 4.27. The van der Waals surface area contributed by atoms with E-state index in [-0.39, 0.29) is 17.8 Å². The van der Waals surface area contributed by atoms with Gasteiger partial charge in [-0.3, -0.25) is 4.79 Å². The van der Waals surface area contributed by atoms with Crippen molar-refractivity contribution in [2.24, 2.45) is 5.92 Å². The van der Waals surface area contributed by atoms with Crippen LogP contribution in [-0.2, 0) is 11.2 Å². The van der Waals surface area contributed by atoms with Crippen molar-refractivity contribution in [3.05, 3.63) is 35.6 Å². The summed E-state index contributed by atoms with van der Waals surface area (Å²) in [5, 5.41) is 3.33. The number of rotatable bonds is 5. The molecule has 1 aromatic rings. The number of nitrogens with zero attached hydrogens (tertiary/aromatic N) is 1. The first-order valence-corrected chi connectivity index (χ1v) is 7.90. The van der Waals surface area contributed by atoms with E-state index >= 15 is 0 Å². The van der Waals surface area contributed by atoms with Gasteiger partial charge in [-0.15, -0.1) is 0 Å². The summed E-state index contributed by atoms with van der Waals surface area (Å²) in [7, 11) is 0. The van der Waals surface area contributed by atoms with Crippen LogP contribution in [0.4, 0.5) is 4.39 Å². The standard InChI is InChI=1S/C17H25FN2O/c1-3-20(4-2)17(21)16-12-14(8-9-19-16)10-13-6-5-7-15(18)11-13/h5-7,11,14,16,19H,3-4,8-10,12H2,1-2H3. The van der Waals surface area contributed by atoms with Crippen molar-refractivity contribution in [2.75, 3.05) is 19.6 Å². The van der Waals surface area contributed by atoms with Crippen molar-refractivity contribution in [2.45, 2.75) is 39.2 Å². The molecule has 0 radical (unpaired) electrons.